The van der Waals surface area contributed by atoms with E-state index in [1.54, 1.807) is 0 Å². The summed E-state index contributed by atoms with van der Waals surface area (Å²) in [6, 6.07) is 17.6. The Hall–Kier alpha value is -1.69. The monoisotopic (exact) mass is 388 g/mol. The van der Waals surface area contributed by atoms with Crippen LogP contribution in [0.5, 0.6) is 0 Å². The van der Waals surface area contributed by atoms with Crippen LogP contribution in [0.4, 0.5) is 0 Å². The summed E-state index contributed by atoms with van der Waals surface area (Å²) in [4.78, 5) is 15.0. The zero-order valence-corrected chi connectivity index (χ0v) is 15.0. The van der Waals surface area contributed by atoms with Crippen LogP contribution in [0.3, 0.4) is 0 Å². The van der Waals surface area contributed by atoms with E-state index in [1.807, 2.05) is 42.5 Å². The maximum absolute atomic E-state index is 12.7. The highest BCUT2D eigenvalue weighted by atomic mass is 79.9. The summed E-state index contributed by atoms with van der Waals surface area (Å²) in [5.74, 6) is -0.0652. The van der Waals surface area contributed by atoms with Crippen molar-refractivity contribution in [2.45, 2.75) is 6.04 Å². The van der Waals surface area contributed by atoms with Crippen molar-refractivity contribution < 1.29 is 9.53 Å². The van der Waals surface area contributed by atoms with Crippen molar-refractivity contribution in [3.05, 3.63) is 70.2 Å². The third-order valence-corrected chi connectivity index (χ3v) is 4.86. The van der Waals surface area contributed by atoms with Crippen molar-refractivity contribution in [3.63, 3.8) is 0 Å². The minimum Gasteiger partial charge on any atom is -0.379 e. The van der Waals surface area contributed by atoms with E-state index in [9.17, 15) is 4.79 Å². The molecule has 1 atom stereocenters. The Morgan fingerprint density at radius 1 is 1.08 bits per heavy atom. The third kappa shape index (κ3) is 4.44. The molecular weight excluding hydrogens is 368 g/mol. The van der Waals surface area contributed by atoms with E-state index >= 15 is 0 Å². The van der Waals surface area contributed by atoms with Gasteiger partial charge in [0.25, 0.3) is 5.91 Å². The molecule has 2 aromatic carbocycles. The Labute approximate surface area is 150 Å². The van der Waals surface area contributed by atoms with Crippen LogP contribution >= 0.6 is 15.9 Å². The topological polar surface area (TPSA) is 41.6 Å². The van der Waals surface area contributed by atoms with Gasteiger partial charge in [0.05, 0.1) is 24.8 Å². The fourth-order valence-corrected chi connectivity index (χ4v) is 3.31. The predicted octanol–water partition coefficient (Wildman–Crippen LogP) is 3.25. The highest BCUT2D eigenvalue weighted by Crippen LogP contribution is 2.19. The number of halogens is 1. The number of hydrogen-bond acceptors (Lipinski definition) is 3. The second-order valence-corrected chi connectivity index (χ2v) is 6.68. The number of carbonyl (C=O) groups is 1. The van der Waals surface area contributed by atoms with Gasteiger partial charge in [0, 0.05) is 24.1 Å². The molecule has 0 radical (unpaired) electrons. The van der Waals surface area contributed by atoms with Crippen LogP contribution in [0.2, 0.25) is 0 Å². The second kappa shape index (κ2) is 8.42. The van der Waals surface area contributed by atoms with E-state index in [-0.39, 0.29) is 11.9 Å². The molecule has 1 heterocycles. The van der Waals surface area contributed by atoms with Crippen molar-refractivity contribution in [2.75, 3.05) is 32.8 Å². The Morgan fingerprint density at radius 2 is 1.75 bits per heavy atom. The lowest BCUT2D eigenvalue weighted by Gasteiger charge is -2.31. The number of nitrogens with zero attached hydrogens (tertiary/aromatic N) is 1. The zero-order valence-electron chi connectivity index (χ0n) is 13.5. The normalized spacial score (nSPS) is 16.5. The molecule has 0 aliphatic carbocycles. The minimum atomic E-state index is -0.0652. The van der Waals surface area contributed by atoms with Crippen LogP contribution in [0.25, 0.3) is 0 Å². The molecule has 0 unspecified atom stereocenters. The lowest BCUT2D eigenvalue weighted by molar-refractivity contribution is 0.0332. The molecule has 5 heteroatoms. The highest BCUT2D eigenvalue weighted by Gasteiger charge is 2.21. The van der Waals surface area contributed by atoms with Gasteiger partial charge in [-0.05, 0) is 33.6 Å². The number of amides is 1. The van der Waals surface area contributed by atoms with Crippen LogP contribution in [0.15, 0.2) is 59.1 Å². The van der Waals surface area contributed by atoms with E-state index < -0.39 is 0 Å². The van der Waals surface area contributed by atoms with E-state index in [2.05, 4.69) is 38.3 Å². The molecule has 24 heavy (non-hydrogen) atoms. The van der Waals surface area contributed by atoms with Gasteiger partial charge in [-0.2, -0.15) is 0 Å². The number of benzene rings is 2. The summed E-state index contributed by atoms with van der Waals surface area (Å²) in [5.41, 5.74) is 1.77. The molecular formula is C19H21BrN2O2. The number of ether oxygens (including phenoxy) is 1. The fourth-order valence-electron chi connectivity index (χ4n) is 2.84. The largest absolute Gasteiger partial charge is 0.379 e. The molecule has 0 saturated carbocycles. The molecule has 3 rings (SSSR count). The van der Waals surface area contributed by atoms with E-state index in [0.717, 1.165) is 42.9 Å². The quantitative estimate of drug-likeness (QED) is 0.854. The molecule has 4 nitrogen and oxygen atoms in total. The van der Waals surface area contributed by atoms with Gasteiger partial charge in [0.1, 0.15) is 0 Å². The van der Waals surface area contributed by atoms with Gasteiger partial charge in [-0.15, -0.1) is 0 Å². The van der Waals surface area contributed by atoms with Crippen molar-refractivity contribution in [2.24, 2.45) is 0 Å². The van der Waals surface area contributed by atoms with Crippen LogP contribution < -0.4 is 5.32 Å². The predicted molar refractivity (Wildman–Crippen MR) is 98.1 cm³/mol. The first-order valence-corrected chi connectivity index (χ1v) is 8.94. The lowest BCUT2D eigenvalue weighted by Crippen LogP contribution is -2.43. The van der Waals surface area contributed by atoms with Gasteiger partial charge in [0.15, 0.2) is 0 Å². The Morgan fingerprint density at radius 3 is 2.46 bits per heavy atom. The molecule has 1 N–H and O–H groups in total. The first-order valence-electron chi connectivity index (χ1n) is 8.14. The maximum atomic E-state index is 12.7. The van der Waals surface area contributed by atoms with E-state index in [0.29, 0.717) is 5.56 Å². The lowest BCUT2D eigenvalue weighted by atomic mass is 10.1. The molecule has 2 aromatic rings. The molecule has 0 aromatic heterocycles. The number of rotatable bonds is 5. The summed E-state index contributed by atoms with van der Waals surface area (Å²) < 4.78 is 6.22. The molecule has 126 valence electrons. The fraction of sp³-hybridized carbons (Fsp3) is 0.316. The number of morpholine rings is 1. The van der Waals surface area contributed by atoms with E-state index in [4.69, 9.17) is 4.74 Å². The summed E-state index contributed by atoms with van der Waals surface area (Å²) in [6.07, 6.45) is 0. The average molecular weight is 389 g/mol. The number of carbonyl (C=O) groups excluding carboxylic acids is 1. The molecule has 1 aliphatic rings. The second-order valence-electron chi connectivity index (χ2n) is 5.83. The molecule has 1 amide bonds. The SMILES string of the molecule is O=C(N[C@H](CN1CCOCC1)c1ccccc1)c1ccccc1Br. The maximum Gasteiger partial charge on any atom is 0.252 e. The van der Waals surface area contributed by atoms with Gasteiger partial charge in [-0.25, -0.2) is 0 Å². The van der Waals surface area contributed by atoms with Crippen molar-refractivity contribution in [1.29, 1.82) is 0 Å². The molecule has 0 spiro atoms. The minimum absolute atomic E-state index is 0.0519. The number of nitrogens with one attached hydrogen (secondary N) is 1. The molecule has 0 bridgehead atoms. The van der Waals surface area contributed by atoms with Gasteiger partial charge in [0.2, 0.25) is 0 Å². The molecule has 1 aliphatic heterocycles. The van der Waals surface area contributed by atoms with Crippen LogP contribution in [-0.2, 0) is 4.74 Å². The van der Waals surface area contributed by atoms with Gasteiger partial charge >= 0.3 is 0 Å². The standard InChI is InChI=1S/C19H21BrN2O2/c20-17-9-5-4-8-16(17)19(23)21-18(15-6-2-1-3-7-15)14-22-10-12-24-13-11-22/h1-9,18H,10-14H2,(H,21,23)/t18-/m1/s1. The smallest absolute Gasteiger partial charge is 0.252 e. The van der Waals surface area contributed by atoms with Crippen molar-refractivity contribution in [3.8, 4) is 0 Å². The average Bonchev–Trinajstić information content (AvgIpc) is 2.63. The van der Waals surface area contributed by atoms with Gasteiger partial charge < -0.3 is 10.1 Å². The van der Waals surface area contributed by atoms with Crippen LogP contribution in [-0.4, -0.2) is 43.7 Å². The summed E-state index contributed by atoms with van der Waals surface area (Å²) in [5, 5.41) is 3.19. The summed E-state index contributed by atoms with van der Waals surface area (Å²) in [7, 11) is 0. The molecule has 1 fully saturated rings. The van der Waals surface area contributed by atoms with Gasteiger partial charge in [-0.1, -0.05) is 42.5 Å². The first kappa shape index (κ1) is 17.1. The summed E-state index contributed by atoms with van der Waals surface area (Å²) in [6.45, 7) is 4.07. The Balaban J connectivity index is 1.76. The third-order valence-electron chi connectivity index (χ3n) is 4.17. The number of hydrogen-bond donors (Lipinski definition) is 1. The van der Waals surface area contributed by atoms with Crippen molar-refractivity contribution in [1.82, 2.24) is 10.2 Å². The zero-order chi connectivity index (χ0) is 16.8. The van der Waals surface area contributed by atoms with Gasteiger partial charge in [-0.3, -0.25) is 9.69 Å². The Kier molecular flexibility index (Phi) is 6.01. The van der Waals surface area contributed by atoms with Crippen molar-refractivity contribution >= 4 is 21.8 Å². The molecule has 1 saturated heterocycles. The first-order chi connectivity index (χ1) is 11.7. The summed E-state index contributed by atoms with van der Waals surface area (Å²) >= 11 is 3.45. The Bertz CT molecular complexity index is 672. The highest BCUT2D eigenvalue weighted by molar-refractivity contribution is 9.10. The van der Waals surface area contributed by atoms with E-state index in [1.165, 1.54) is 0 Å². The van der Waals surface area contributed by atoms with Crippen LogP contribution in [0.1, 0.15) is 22.0 Å². The van der Waals surface area contributed by atoms with Crippen LogP contribution in [0, 0.1) is 0 Å².